The van der Waals surface area contributed by atoms with Gasteiger partial charge in [0.05, 0.1) is 5.02 Å². The van der Waals surface area contributed by atoms with E-state index < -0.39 is 0 Å². The van der Waals surface area contributed by atoms with Crippen LogP contribution in [0.4, 0.5) is 0 Å². The highest BCUT2D eigenvalue weighted by Crippen LogP contribution is 2.23. The van der Waals surface area contributed by atoms with Gasteiger partial charge in [0.2, 0.25) is 11.8 Å². The number of benzene rings is 1. The van der Waals surface area contributed by atoms with Crippen molar-refractivity contribution in [3.8, 4) is 5.75 Å². The summed E-state index contributed by atoms with van der Waals surface area (Å²) in [5.41, 5.74) is 5.31. The Balaban J connectivity index is 1.56. The third-order valence-electron chi connectivity index (χ3n) is 4.33. The number of tetrazole rings is 1. The van der Waals surface area contributed by atoms with Crippen LogP contribution in [0.2, 0.25) is 5.02 Å². The van der Waals surface area contributed by atoms with Gasteiger partial charge < -0.3 is 15.4 Å². The summed E-state index contributed by atoms with van der Waals surface area (Å²) in [4.78, 5) is 25.4. The lowest BCUT2D eigenvalue weighted by atomic mass is 9.96. The van der Waals surface area contributed by atoms with Crippen LogP contribution in [0, 0.1) is 5.92 Å². The Kier molecular flexibility index (Phi) is 5.67. The highest BCUT2D eigenvalue weighted by atomic mass is 35.5. The molecule has 3 rings (SSSR count). The number of halogens is 1. The highest BCUT2D eigenvalue weighted by Gasteiger charge is 2.26. The van der Waals surface area contributed by atoms with E-state index in [-0.39, 0.29) is 30.9 Å². The third kappa shape index (κ3) is 4.29. The van der Waals surface area contributed by atoms with Crippen LogP contribution in [0.25, 0.3) is 0 Å². The predicted molar refractivity (Wildman–Crippen MR) is 92.1 cm³/mol. The molecule has 138 valence electrons. The summed E-state index contributed by atoms with van der Waals surface area (Å²) < 4.78 is 7.02. The topological polar surface area (TPSA) is 116 Å². The maximum Gasteiger partial charge on any atom is 0.244 e. The van der Waals surface area contributed by atoms with Crippen molar-refractivity contribution < 1.29 is 14.3 Å². The summed E-state index contributed by atoms with van der Waals surface area (Å²) in [6.45, 7) is 1.10. The van der Waals surface area contributed by atoms with E-state index in [9.17, 15) is 9.59 Å². The van der Waals surface area contributed by atoms with E-state index in [0.717, 1.165) is 0 Å². The molecule has 10 heteroatoms. The summed E-state index contributed by atoms with van der Waals surface area (Å²) in [6.07, 6.45) is 1.16. The lowest BCUT2D eigenvalue weighted by Crippen LogP contribution is -2.43. The van der Waals surface area contributed by atoms with Gasteiger partial charge in [-0.25, -0.2) is 4.68 Å². The molecule has 26 heavy (non-hydrogen) atoms. The van der Waals surface area contributed by atoms with Crippen molar-refractivity contribution in [1.82, 2.24) is 25.1 Å². The molecule has 1 fully saturated rings. The minimum atomic E-state index is -0.309. The minimum Gasteiger partial charge on any atom is -0.484 e. The van der Waals surface area contributed by atoms with E-state index in [1.54, 1.807) is 23.1 Å². The van der Waals surface area contributed by atoms with Gasteiger partial charge in [-0.05, 0) is 35.4 Å². The summed E-state index contributed by atoms with van der Waals surface area (Å²) in [5.74, 6) is 0.358. The van der Waals surface area contributed by atoms with Crippen molar-refractivity contribution in [2.75, 3.05) is 13.1 Å². The SMILES string of the molecule is NC(=O)C1CCN(C(=O)Cn2nnnc2COc2ccccc2Cl)CC1. The van der Waals surface area contributed by atoms with E-state index in [2.05, 4.69) is 15.5 Å². The summed E-state index contributed by atoms with van der Waals surface area (Å²) in [5, 5.41) is 11.8. The number of amides is 2. The number of carbonyl (C=O) groups excluding carboxylic acids is 2. The number of rotatable bonds is 6. The molecule has 9 nitrogen and oxygen atoms in total. The summed E-state index contributed by atoms with van der Waals surface area (Å²) >= 11 is 6.05. The van der Waals surface area contributed by atoms with Gasteiger partial charge in [-0.2, -0.15) is 0 Å². The quantitative estimate of drug-likeness (QED) is 0.788. The Morgan fingerprint density at radius 1 is 1.27 bits per heavy atom. The van der Waals surface area contributed by atoms with Crippen LogP contribution in [0.5, 0.6) is 5.75 Å². The van der Waals surface area contributed by atoms with E-state index in [1.807, 2.05) is 6.07 Å². The Hall–Kier alpha value is -2.68. The molecule has 2 amide bonds. The zero-order valence-corrected chi connectivity index (χ0v) is 14.8. The van der Waals surface area contributed by atoms with Gasteiger partial charge in [-0.1, -0.05) is 23.7 Å². The molecule has 2 heterocycles. The first-order chi connectivity index (χ1) is 12.5. The van der Waals surface area contributed by atoms with E-state index >= 15 is 0 Å². The number of aromatic nitrogens is 4. The second-order valence-electron chi connectivity index (χ2n) is 6.03. The van der Waals surface area contributed by atoms with Crippen LogP contribution in [0.1, 0.15) is 18.7 Å². The van der Waals surface area contributed by atoms with Gasteiger partial charge >= 0.3 is 0 Å². The van der Waals surface area contributed by atoms with Gasteiger partial charge in [0.25, 0.3) is 0 Å². The first-order valence-corrected chi connectivity index (χ1v) is 8.62. The standard InChI is InChI=1S/C16H19ClN6O3/c17-12-3-1-2-4-13(12)26-10-14-19-20-21-23(14)9-15(24)22-7-5-11(6-8-22)16(18)25/h1-4,11H,5-10H2,(H2,18,25). The molecule has 1 aliphatic rings. The molecule has 0 aliphatic carbocycles. The Bertz CT molecular complexity index is 788. The monoisotopic (exact) mass is 378 g/mol. The summed E-state index contributed by atoms with van der Waals surface area (Å²) in [6, 6.07) is 7.08. The molecule has 0 radical (unpaired) electrons. The maximum atomic E-state index is 12.5. The van der Waals surface area contributed by atoms with Crippen LogP contribution in [0.3, 0.4) is 0 Å². The number of nitrogens with two attached hydrogens (primary N) is 1. The molecule has 0 saturated carbocycles. The molecule has 0 bridgehead atoms. The third-order valence-corrected chi connectivity index (χ3v) is 4.65. The number of nitrogens with zero attached hydrogens (tertiary/aromatic N) is 5. The fraction of sp³-hybridized carbons (Fsp3) is 0.438. The first-order valence-electron chi connectivity index (χ1n) is 8.24. The lowest BCUT2D eigenvalue weighted by Gasteiger charge is -2.30. The number of primary amides is 1. The lowest BCUT2D eigenvalue weighted by molar-refractivity contribution is -0.135. The van der Waals surface area contributed by atoms with E-state index in [0.29, 0.717) is 42.5 Å². The number of likely N-dealkylation sites (tertiary alicyclic amines) is 1. The van der Waals surface area contributed by atoms with E-state index in [4.69, 9.17) is 22.1 Å². The van der Waals surface area contributed by atoms with Crippen LogP contribution in [-0.4, -0.2) is 50.0 Å². The van der Waals surface area contributed by atoms with Crippen LogP contribution >= 0.6 is 11.6 Å². The van der Waals surface area contributed by atoms with Gasteiger partial charge in [0.15, 0.2) is 5.82 Å². The van der Waals surface area contributed by atoms with Crippen LogP contribution in [0.15, 0.2) is 24.3 Å². The molecule has 2 N–H and O–H groups in total. The number of hydrogen-bond acceptors (Lipinski definition) is 6. The van der Waals surface area contributed by atoms with Crippen molar-refractivity contribution in [2.24, 2.45) is 11.7 Å². The number of hydrogen-bond donors (Lipinski definition) is 1. The Labute approximate surface area is 155 Å². The van der Waals surface area contributed by atoms with Crippen LogP contribution in [-0.2, 0) is 22.7 Å². The maximum absolute atomic E-state index is 12.5. The molecule has 1 saturated heterocycles. The van der Waals surface area contributed by atoms with Gasteiger partial charge in [0.1, 0.15) is 18.9 Å². The predicted octanol–water partition coefficient (Wildman–Crippen LogP) is 0.629. The molecule has 0 atom stereocenters. The molecular weight excluding hydrogens is 360 g/mol. The first kappa shape index (κ1) is 18.1. The number of para-hydroxylation sites is 1. The molecule has 2 aromatic rings. The molecule has 1 aromatic heterocycles. The van der Waals surface area contributed by atoms with Gasteiger partial charge in [0, 0.05) is 19.0 Å². The average molecular weight is 379 g/mol. The van der Waals surface area contributed by atoms with Gasteiger partial charge in [-0.15, -0.1) is 5.10 Å². The van der Waals surface area contributed by atoms with Crippen molar-refractivity contribution in [1.29, 1.82) is 0 Å². The minimum absolute atomic E-state index is 0.00938. The molecule has 0 unspecified atom stereocenters. The molecular formula is C16H19ClN6O3. The zero-order chi connectivity index (χ0) is 18.5. The summed E-state index contributed by atoms with van der Waals surface area (Å²) in [7, 11) is 0. The molecule has 0 spiro atoms. The molecule has 1 aromatic carbocycles. The Morgan fingerprint density at radius 2 is 2.00 bits per heavy atom. The Morgan fingerprint density at radius 3 is 2.69 bits per heavy atom. The van der Waals surface area contributed by atoms with Crippen molar-refractivity contribution in [3.05, 3.63) is 35.1 Å². The van der Waals surface area contributed by atoms with Crippen molar-refractivity contribution >= 4 is 23.4 Å². The number of piperidine rings is 1. The largest absolute Gasteiger partial charge is 0.484 e. The van der Waals surface area contributed by atoms with Gasteiger partial charge in [-0.3, -0.25) is 9.59 Å². The van der Waals surface area contributed by atoms with Crippen molar-refractivity contribution in [2.45, 2.75) is 26.0 Å². The fourth-order valence-corrected chi connectivity index (χ4v) is 2.99. The highest BCUT2D eigenvalue weighted by molar-refractivity contribution is 6.32. The van der Waals surface area contributed by atoms with Crippen molar-refractivity contribution in [3.63, 3.8) is 0 Å². The second-order valence-corrected chi connectivity index (χ2v) is 6.44. The fourth-order valence-electron chi connectivity index (χ4n) is 2.80. The number of ether oxygens (including phenoxy) is 1. The second kappa shape index (κ2) is 8.13. The number of carbonyl (C=O) groups is 2. The smallest absolute Gasteiger partial charge is 0.244 e. The van der Waals surface area contributed by atoms with E-state index in [1.165, 1.54) is 4.68 Å². The normalized spacial score (nSPS) is 15.0. The average Bonchev–Trinajstić information content (AvgIpc) is 3.08. The zero-order valence-electron chi connectivity index (χ0n) is 14.0. The van der Waals surface area contributed by atoms with Crippen LogP contribution < -0.4 is 10.5 Å². The molecule has 1 aliphatic heterocycles.